The van der Waals surface area contributed by atoms with E-state index in [-0.39, 0.29) is 0 Å². The van der Waals surface area contributed by atoms with Gasteiger partial charge in [-0.1, -0.05) is 30.3 Å². The summed E-state index contributed by atoms with van der Waals surface area (Å²) >= 11 is 0. The molecule has 1 aliphatic carbocycles. The minimum Gasteiger partial charge on any atom is -0.456 e. The van der Waals surface area contributed by atoms with Gasteiger partial charge in [-0.05, 0) is 36.6 Å². The number of hydrogen-bond acceptors (Lipinski definition) is 2. The van der Waals surface area contributed by atoms with Crippen molar-refractivity contribution in [2.24, 2.45) is 0 Å². The molecule has 0 bridgehead atoms. The quantitative estimate of drug-likeness (QED) is 0.336. The van der Waals surface area contributed by atoms with Crippen LogP contribution in [0.4, 0.5) is 5.69 Å². The maximum absolute atomic E-state index is 6.56. The van der Waals surface area contributed by atoms with Crippen LogP contribution in [-0.4, -0.2) is 26.2 Å². The molecule has 2 aromatic rings. The third-order valence-electron chi connectivity index (χ3n) is 6.69. The van der Waals surface area contributed by atoms with Crippen molar-refractivity contribution in [3.05, 3.63) is 72.1 Å². The summed E-state index contributed by atoms with van der Waals surface area (Å²) in [6.45, 7) is 4.57. The molecule has 0 aromatic heterocycles. The minimum absolute atomic E-state index is 0.976. The summed E-state index contributed by atoms with van der Waals surface area (Å²) in [6, 6.07) is 24.3. The van der Waals surface area contributed by atoms with E-state index >= 15 is 0 Å². The van der Waals surface area contributed by atoms with Crippen LogP contribution in [0.2, 0.25) is 0 Å². The van der Waals surface area contributed by atoms with Gasteiger partial charge in [0.25, 0.3) is 0 Å². The number of rotatable bonds is 2. The van der Waals surface area contributed by atoms with E-state index in [9.17, 15) is 0 Å². The number of fused-ring (bicyclic) bond motifs is 2. The molecule has 0 unspecified atom stereocenters. The molecular weight excluding hydrogens is 368 g/mol. The van der Waals surface area contributed by atoms with Gasteiger partial charge in [0, 0.05) is 60.3 Å². The van der Waals surface area contributed by atoms with E-state index < -0.39 is 0 Å². The van der Waals surface area contributed by atoms with Crippen LogP contribution >= 0.6 is 0 Å². The fourth-order valence-electron chi connectivity index (χ4n) is 5.13. The summed E-state index contributed by atoms with van der Waals surface area (Å²) in [7, 11) is 0. The first-order valence-electron chi connectivity index (χ1n) is 11.3. The second kappa shape index (κ2) is 7.32. The Morgan fingerprint density at radius 3 is 2.37 bits per heavy atom. The van der Waals surface area contributed by atoms with E-state index in [1.807, 2.05) is 0 Å². The van der Waals surface area contributed by atoms with Crippen LogP contribution < -0.4 is 14.8 Å². The average Bonchev–Trinajstić information content (AvgIpc) is 3.52. The Hall–Kier alpha value is -3.07. The molecule has 0 atom stereocenters. The SMILES string of the molecule is c1ccc(-c2c3ccc(=[N+]4CCCC4)cc-3oc3cc(N4CCCC4)ccc23)cc1. The van der Waals surface area contributed by atoms with Crippen LogP contribution in [0, 0.1) is 0 Å². The standard InChI is InChI=1S/C27H27N2O/c1-2-8-20(9-3-1)27-23-12-10-21(28-14-4-5-15-28)18-25(23)30-26-19-22(11-13-24(26)27)29-16-6-7-17-29/h1-3,8-13,18-19H,4-7,14-17H2/q+1. The molecule has 2 saturated heterocycles. The van der Waals surface area contributed by atoms with Gasteiger partial charge in [0.05, 0.1) is 6.07 Å². The maximum atomic E-state index is 6.56. The van der Waals surface area contributed by atoms with Crippen LogP contribution in [0.15, 0.2) is 71.1 Å². The predicted octanol–water partition coefficient (Wildman–Crippen LogP) is 5.37. The fourth-order valence-corrected chi connectivity index (χ4v) is 5.13. The van der Waals surface area contributed by atoms with E-state index in [0.29, 0.717) is 0 Å². The summed E-state index contributed by atoms with van der Waals surface area (Å²) in [5.41, 5.74) is 5.95. The Bertz CT molecular complexity index is 1240. The average molecular weight is 396 g/mol. The summed E-state index contributed by atoms with van der Waals surface area (Å²) < 4.78 is 9.03. The predicted molar refractivity (Wildman–Crippen MR) is 124 cm³/mol. The monoisotopic (exact) mass is 395 g/mol. The van der Waals surface area contributed by atoms with E-state index in [0.717, 1.165) is 37.5 Å². The van der Waals surface area contributed by atoms with Crippen molar-refractivity contribution in [3.8, 4) is 22.5 Å². The topological polar surface area (TPSA) is 19.4 Å². The van der Waals surface area contributed by atoms with Gasteiger partial charge in [-0.25, -0.2) is 4.58 Å². The van der Waals surface area contributed by atoms with Crippen LogP contribution in [0.25, 0.3) is 33.4 Å². The Balaban J connectivity index is 1.64. The Morgan fingerprint density at radius 2 is 1.57 bits per heavy atom. The van der Waals surface area contributed by atoms with Crippen molar-refractivity contribution in [1.29, 1.82) is 0 Å². The maximum Gasteiger partial charge on any atom is 0.203 e. The first-order chi connectivity index (χ1) is 14.9. The molecule has 150 valence electrons. The molecule has 2 fully saturated rings. The molecule has 0 spiro atoms. The number of hydrogen-bond donors (Lipinski definition) is 0. The molecule has 3 heterocycles. The Morgan fingerprint density at radius 1 is 0.767 bits per heavy atom. The third-order valence-corrected chi connectivity index (χ3v) is 6.69. The highest BCUT2D eigenvalue weighted by Gasteiger charge is 2.21. The molecule has 3 nitrogen and oxygen atoms in total. The normalized spacial score (nSPS) is 16.8. The molecular formula is C27H27N2O+. The van der Waals surface area contributed by atoms with Gasteiger partial charge in [-0.2, -0.15) is 0 Å². The lowest BCUT2D eigenvalue weighted by molar-refractivity contribution is 0.615. The highest BCUT2D eigenvalue weighted by molar-refractivity contribution is 6.02. The largest absolute Gasteiger partial charge is 0.456 e. The number of anilines is 1. The lowest BCUT2D eigenvalue weighted by atomic mass is 9.93. The van der Waals surface area contributed by atoms with Crippen molar-refractivity contribution in [1.82, 2.24) is 4.58 Å². The molecule has 0 radical (unpaired) electrons. The van der Waals surface area contributed by atoms with Gasteiger partial charge < -0.3 is 9.32 Å². The molecule has 0 N–H and O–H groups in total. The molecule has 0 saturated carbocycles. The zero-order chi connectivity index (χ0) is 19.9. The van der Waals surface area contributed by atoms with Crippen molar-refractivity contribution in [2.45, 2.75) is 25.7 Å². The second-order valence-electron chi connectivity index (χ2n) is 8.59. The summed E-state index contributed by atoms with van der Waals surface area (Å²) in [5, 5.41) is 2.46. The van der Waals surface area contributed by atoms with Crippen LogP contribution in [0.3, 0.4) is 0 Å². The first-order valence-corrected chi connectivity index (χ1v) is 11.3. The van der Waals surface area contributed by atoms with Gasteiger partial charge in [0.1, 0.15) is 24.4 Å². The molecule has 30 heavy (non-hydrogen) atoms. The van der Waals surface area contributed by atoms with E-state index in [1.54, 1.807) is 0 Å². The summed E-state index contributed by atoms with van der Waals surface area (Å²) in [4.78, 5) is 2.47. The summed E-state index contributed by atoms with van der Waals surface area (Å²) in [5.74, 6) is 0.976. The highest BCUT2D eigenvalue weighted by Crippen LogP contribution is 2.40. The van der Waals surface area contributed by atoms with Gasteiger partial charge in [-0.3, -0.25) is 0 Å². The molecule has 2 aromatic carbocycles. The zero-order valence-corrected chi connectivity index (χ0v) is 17.3. The molecule has 0 amide bonds. The van der Waals surface area contributed by atoms with Gasteiger partial charge in [0.2, 0.25) is 5.36 Å². The minimum atomic E-state index is 0.976. The fraction of sp³-hybridized carbons (Fsp3) is 0.296. The van der Waals surface area contributed by atoms with Crippen molar-refractivity contribution in [3.63, 3.8) is 0 Å². The van der Waals surface area contributed by atoms with Crippen molar-refractivity contribution >= 4 is 16.7 Å². The van der Waals surface area contributed by atoms with Gasteiger partial charge in [-0.15, -0.1) is 0 Å². The van der Waals surface area contributed by atoms with Crippen molar-refractivity contribution < 1.29 is 4.42 Å². The van der Waals surface area contributed by atoms with Crippen molar-refractivity contribution in [2.75, 3.05) is 31.1 Å². The smallest absolute Gasteiger partial charge is 0.203 e. The molecule has 4 aliphatic rings. The lowest BCUT2D eigenvalue weighted by Crippen LogP contribution is -2.26. The Labute approximate surface area is 177 Å². The molecule has 6 rings (SSSR count). The van der Waals surface area contributed by atoms with Gasteiger partial charge in [0.15, 0.2) is 0 Å². The van der Waals surface area contributed by atoms with Crippen LogP contribution in [0.5, 0.6) is 0 Å². The third kappa shape index (κ3) is 3.00. The van der Waals surface area contributed by atoms with E-state index in [2.05, 4.69) is 76.2 Å². The molecule has 3 aliphatic heterocycles. The lowest BCUT2D eigenvalue weighted by Gasteiger charge is -2.20. The number of nitrogens with zero attached hydrogens (tertiary/aromatic N) is 2. The highest BCUT2D eigenvalue weighted by atomic mass is 16.3. The van der Waals surface area contributed by atoms with Gasteiger partial charge >= 0.3 is 0 Å². The van der Waals surface area contributed by atoms with E-state index in [1.165, 1.54) is 58.8 Å². The first kappa shape index (κ1) is 17.8. The van der Waals surface area contributed by atoms with Crippen LogP contribution in [-0.2, 0) is 0 Å². The van der Waals surface area contributed by atoms with Crippen LogP contribution in [0.1, 0.15) is 25.7 Å². The zero-order valence-electron chi connectivity index (χ0n) is 17.3. The number of benzene rings is 3. The molecule has 3 heteroatoms. The Kier molecular flexibility index (Phi) is 4.33. The second-order valence-corrected chi connectivity index (χ2v) is 8.59. The van der Waals surface area contributed by atoms with E-state index in [4.69, 9.17) is 4.42 Å². The summed E-state index contributed by atoms with van der Waals surface area (Å²) in [6.07, 6.45) is 5.12.